The number of thioether (sulfide) groups is 2. The molecule has 1 aliphatic carbocycles. The maximum Gasteiger partial charge on any atom is 0.234 e. The predicted molar refractivity (Wildman–Crippen MR) is 85.3 cm³/mol. The number of nitrogens with zero attached hydrogens (tertiary/aromatic N) is 2. The molecule has 0 radical (unpaired) electrons. The molecule has 1 unspecified atom stereocenters. The van der Waals surface area contributed by atoms with Crippen molar-refractivity contribution in [3.8, 4) is 0 Å². The predicted octanol–water partition coefficient (Wildman–Crippen LogP) is 3.14. The fourth-order valence-corrected chi connectivity index (χ4v) is 5.72. The molecular weight excluding hydrogens is 290 g/mol. The highest BCUT2D eigenvalue weighted by Crippen LogP contribution is 2.39. The van der Waals surface area contributed by atoms with Crippen molar-refractivity contribution in [3.05, 3.63) is 11.7 Å². The third-order valence-electron chi connectivity index (χ3n) is 4.45. The van der Waals surface area contributed by atoms with Gasteiger partial charge in [0.2, 0.25) is 5.89 Å². The van der Waals surface area contributed by atoms with Gasteiger partial charge in [0.05, 0.1) is 10.7 Å². The van der Waals surface area contributed by atoms with Gasteiger partial charge in [-0.3, -0.25) is 0 Å². The number of rotatable bonds is 3. The summed E-state index contributed by atoms with van der Waals surface area (Å²) in [4.78, 5) is 4.75. The molecule has 2 N–H and O–H groups in total. The topological polar surface area (TPSA) is 64.9 Å². The number of aromatic nitrogens is 2. The minimum Gasteiger partial charge on any atom is -0.339 e. The zero-order valence-electron chi connectivity index (χ0n) is 11.8. The summed E-state index contributed by atoms with van der Waals surface area (Å²) in [6, 6.07) is 0. The molecule has 1 saturated carbocycles. The molecule has 0 bridgehead atoms. The quantitative estimate of drug-likeness (QED) is 0.865. The van der Waals surface area contributed by atoms with Crippen LogP contribution in [0.25, 0.3) is 0 Å². The third-order valence-corrected chi connectivity index (χ3v) is 7.20. The molecule has 0 aromatic carbocycles. The van der Waals surface area contributed by atoms with Gasteiger partial charge in [-0.15, -0.1) is 11.8 Å². The molecule has 0 spiro atoms. The summed E-state index contributed by atoms with van der Waals surface area (Å²) in [5.74, 6) is 5.20. The molecule has 2 fully saturated rings. The summed E-state index contributed by atoms with van der Waals surface area (Å²) in [5.41, 5.74) is 6.03. The first-order valence-corrected chi connectivity index (χ1v) is 9.78. The Labute approximate surface area is 129 Å². The molecule has 1 saturated heterocycles. The monoisotopic (exact) mass is 313 g/mol. The van der Waals surface area contributed by atoms with E-state index in [1.165, 1.54) is 37.2 Å². The van der Waals surface area contributed by atoms with Crippen LogP contribution in [0.1, 0.15) is 55.5 Å². The van der Waals surface area contributed by atoms with E-state index in [0.717, 1.165) is 30.3 Å². The van der Waals surface area contributed by atoms with E-state index in [1.807, 2.05) is 23.5 Å². The molecule has 1 aliphatic heterocycles. The number of nitrogens with two attached hydrogens (primary N) is 1. The van der Waals surface area contributed by atoms with E-state index in [4.69, 9.17) is 15.2 Å². The number of hydrogen-bond acceptors (Lipinski definition) is 6. The van der Waals surface area contributed by atoms with Crippen LogP contribution in [0.15, 0.2) is 4.52 Å². The molecule has 1 aromatic rings. The Morgan fingerprint density at radius 3 is 2.65 bits per heavy atom. The van der Waals surface area contributed by atoms with Crippen LogP contribution in [-0.4, -0.2) is 33.9 Å². The average molecular weight is 313 g/mol. The number of hydrogen-bond donors (Lipinski definition) is 1. The van der Waals surface area contributed by atoms with Gasteiger partial charge in [-0.1, -0.05) is 30.8 Å². The normalized spacial score (nSPS) is 27.1. The van der Waals surface area contributed by atoms with Crippen molar-refractivity contribution in [3.63, 3.8) is 0 Å². The van der Waals surface area contributed by atoms with Crippen molar-refractivity contribution in [1.29, 1.82) is 0 Å². The summed E-state index contributed by atoms with van der Waals surface area (Å²) >= 11 is 3.93. The minimum absolute atomic E-state index is 0.0613. The second kappa shape index (κ2) is 6.71. The molecular formula is C14H23N3OS2. The average Bonchev–Trinajstić information content (AvgIpc) is 2.88. The van der Waals surface area contributed by atoms with Crippen LogP contribution >= 0.6 is 23.5 Å². The van der Waals surface area contributed by atoms with E-state index in [9.17, 15) is 0 Å². The van der Waals surface area contributed by atoms with Gasteiger partial charge < -0.3 is 10.3 Å². The van der Waals surface area contributed by atoms with Crippen LogP contribution in [0.5, 0.6) is 0 Å². The van der Waals surface area contributed by atoms with E-state index >= 15 is 0 Å². The molecule has 4 nitrogen and oxygen atoms in total. The Balaban J connectivity index is 1.79. The maximum absolute atomic E-state index is 6.09. The van der Waals surface area contributed by atoms with Crippen LogP contribution < -0.4 is 5.73 Å². The molecule has 3 rings (SSSR count). The smallest absolute Gasteiger partial charge is 0.234 e. The summed E-state index contributed by atoms with van der Waals surface area (Å²) in [7, 11) is 0. The van der Waals surface area contributed by atoms with Gasteiger partial charge in [-0.2, -0.15) is 16.7 Å². The van der Waals surface area contributed by atoms with Crippen LogP contribution in [0.4, 0.5) is 0 Å². The maximum atomic E-state index is 6.09. The standard InChI is InChI=1S/C14H23N3OS2/c15-10-14(5-3-1-2-4-6-14)13-16-12(17-18-13)11-9-19-7-8-20-11/h11H,1-10,15H2. The molecule has 1 aromatic heterocycles. The lowest BCUT2D eigenvalue weighted by atomic mass is 9.80. The van der Waals surface area contributed by atoms with Crippen LogP contribution in [-0.2, 0) is 5.41 Å². The SMILES string of the molecule is NCC1(c2nc(C3CSCCS3)no2)CCCCCC1. The van der Waals surface area contributed by atoms with Gasteiger partial charge in [-0.05, 0) is 12.8 Å². The van der Waals surface area contributed by atoms with Gasteiger partial charge in [-0.25, -0.2) is 0 Å². The van der Waals surface area contributed by atoms with Crippen LogP contribution in [0.2, 0.25) is 0 Å². The Kier molecular flexibility index (Phi) is 4.94. The van der Waals surface area contributed by atoms with Crippen molar-refractivity contribution >= 4 is 23.5 Å². The van der Waals surface area contributed by atoms with Crippen molar-refractivity contribution in [2.45, 2.75) is 49.2 Å². The summed E-state index contributed by atoms with van der Waals surface area (Å²) in [6.45, 7) is 0.626. The van der Waals surface area contributed by atoms with Crippen molar-refractivity contribution in [2.75, 3.05) is 23.8 Å². The summed E-state index contributed by atoms with van der Waals surface area (Å²) in [5, 5.41) is 4.66. The molecule has 20 heavy (non-hydrogen) atoms. The fourth-order valence-electron chi connectivity index (χ4n) is 3.13. The van der Waals surface area contributed by atoms with Gasteiger partial charge in [0.25, 0.3) is 0 Å². The van der Waals surface area contributed by atoms with Gasteiger partial charge >= 0.3 is 0 Å². The minimum atomic E-state index is -0.0613. The fraction of sp³-hybridized carbons (Fsp3) is 0.857. The Morgan fingerprint density at radius 2 is 2.00 bits per heavy atom. The lowest BCUT2D eigenvalue weighted by molar-refractivity contribution is 0.256. The van der Waals surface area contributed by atoms with Crippen molar-refractivity contribution in [2.24, 2.45) is 5.73 Å². The summed E-state index contributed by atoms with van der Waals surface area (Å²) in [6.07, 6.45) is 7.25. The first-order chi connectivity index (χ1) is 9.84. The summed E-state index contributed by atoms with van der Waals surface area (Å²) < 4.78 is 5.64. The first kappa shape index (κ1) is 14.7. The second-order valence-corrected chi connectivity index (χ2v) is 8.25. The van der Waals surface area contributed by atoms with Crippen LogP contribution in [0.3, 0.4) is 0 Å². The van der Waals surface area contributed by atoms with Gasteiger partial charge in [0.15, 0.2) is 5.82 Å². The second-order valence-electron chi connectivity index (χ2n) is 5.79. The molecule has 112 valence electrons. The highest BCUT2D eigenvalue weighted by atomic mass is 32.2. The Bertz CT molecular complexity index is 424. The van der Waals surface area contributed by atoms with E-state index in [-0.39, 0.29) is 5.41 Å². The van der Waals surface area contributed by atoms with Gasteiger partial charge in [0, 0.05) is 23.8 Å². The Morgan fingerprint density at radius 1 is 1.20 bits per heavy atom. The van der Waals surface area contributed by atoms with Crippen molar-refractivity contribution in [1.82, 2.24) is 10.1 Å². The first-order valence-electron chi connectivity index (χ1n) is 7.58. The molecule has 1 atom stereocenters. The lowest BCUT2D eigenvalue weighted by Gasteiger charge is -2.26. The van der Waals surface area contributed by atoms with Gasteiger partial charge in [0.1, 0.15) is 0 Å². The van der Waals surface area contributed by atoms with E-state index in [2.05, 4.69) is 5.16 Å². The molecule has 0 amide bonds. The van der Waals surface area contributed by atoms with Crippen molar-refractivity contribution < 1.29 is 4.52 Å². The largest absolute Gasteiger partial charge is 0.339 e. The lowest BCUT2D eigenvalue weighted by Crippen LogP contribution is -2.35. The van der Waals surface area contributed by atoms with E-state index in [1.54, 1.807) is 0 Å². The Hall–Kier alpha value is -0.200. The zero-order valence-corrected chi connectivity index (χ0v) is 13.5. The van der Waals surface area contributed by atoms with E-state index in [0.29, 0.717) is 11.8 Å². The van der Waals surface area contributed by atoms with E-state index < -0.39 is 0 Å². The molecule has 2 aliphatic rings. The third kappa shape index (κ3) is 3.02. The van der Waals surface area contributed by atoms with Crippen LogP contribution in [0, 0.1) is 0 Å². The molecule has 6 heteroatoms. The highest BCUT2D eigenvalue weighted by molar-refractivity contribution is 8.06. The molecule has 2 heterocycles. The highest BCUT2D eigenvalue weighted by Gasteiger charge is 2.37. The zero-order chi connectivity index (χ0) is 13.8.